The molecule has 1 saturated carbocycles. The lowest BCUT2D eigenvalue weighted by atomic mass is 9.78. The predicted molar refractivity (Wildman–Crippen MR) is 67.7 cm³/mol. The van der Waals surface area contributed by atoms with Crippen LogP contribution in [-0.2, 0) is 6.42 Å². The van der Waals surface area contributed by atoms with Crippen LogP contribution in [0, 0.1) is 17.0 Å². The van der Waals surface area contributed by atoms with E-state index in [9.17, 15) is 8.78 Å². The number of hydrogen-bond donors (Lipinski definition) is 2. The Hall–Kier alpha value is -1.00. The van der Waals surface area contributed by atoms with E-state index < -0.39 is 11.6 Å². The van der Waals surface area contributed by atoms with Crippen molar-refractivity contribution in [1.82, 2.24) is 5.43 Å². The number of nitrogens with two attached hydrogens (primary N) is 1. The van der Waals surface area contributed by atoms with Crippen molar-refractivity contribution in [1.29, 1.82) is 0 Å². The van der Waals surface area contributed by atoms with Crippen LogP contribution in [0.4, 0.5) is 8.78 Å². The van der Waals surface area contributed by atoms with Crippen molar-refractivity contribution in [2.75, 3.05) is 0 Å². The lowest BCUT2D eigenvalue weighted by Gasteiger charge is -2.33. The van der Waals surface area contributed by atoms with Crippen molar-refractivity contribution in [3.05, 3.63) is 35.4 Å². The number of hydrogen-bond acceptors (Lipinski definition) is 2. The molecule has 0 aliphatic heterocycles. The summed E-state index contributed by atoms with van der Waals surface area (Å²) in [5.74, 6) is 4.04. The molecule has 4 heteroatoms. The first kappa shape index (κ1) is 13.4. The maximum atomic E-state index is 13.2. The molecule has 1 fully saturated rings. The first-order chi connectivity index (χ1) is 8.55. The lowest BCUT2D eigenvalue weighted by Crippen LogP contribution is -2.47. The highest BCUT2D eigenvalue weighted by Gasteiger charge is 2.36. The van der Waals surface area contributed by atoms with E-state index in [1.165, 1.54) is 25.0 Å². The summed E-state index contributed by atoms with van der Waals surface area (Å²) < 4.78 is 26.1. The summed E-state index contributed by atoms with van der Waals surface area (Å²) in [5, 5.41) is 0. The molecule has 1 aromatic rings. The average Bonchev–Trinajstić information content (AvgIpc) is 2.78. The summed E-state index contributed by atoms with van der Waals surface area (Å²) in [4.78, 5) is 0. The Labute approximate surface area is 107 Å². The van der Waals surface area contributed by atoms with Gasteiger partial charge in [-0.25, -0.2) is 8.78 Å². The Kier molecular flexibility index (Phi) is 3.97. The highest BCUT2D eigenvalue weighted by molar-refractivity contribution is 5.19. The Morgan fingerprint density at radius 3 is 2.50 bits per heavy atom. The fourth-order valence-electron chi connectivity index (χ4n) is 2.94. The maximum Gasteiger partial charge on any atom is 0.159 e. The van der Waals surface area contributed by atoms with Crippen molar-refractivity contribution in [2.45, 2.75) is 45.1 Å². The summed E-state index contributed by atoms with van der Waals surface area (Å²) in [5.41, 5.74) is 3.79. The second kappa shape index (κ2) is 5.33. The Bertz CT molecular complexity index is 414. The van der Waals surface area contributed by atoms with E-state index in [-0.39, 0.29) is 11.5 Å². The molecule has 100 valence electrons. The van der Waals surface area contributed by atoms with Crippen LogP contribution in [0.5, 0.6) is 0 Å². The van der Waals surface area contributed by atoms with Crippen LogP contribution in [0.25, 0.3) is 0 Å². The number of hydrazine groups is 1. The fourth-order valence-corrected chi connectivity index (χ4v) is 2.94. The van der Waals surface area contributed by atoms with Gasteiger partial charge in [-0.05, 0) is 42.4 Å². The van der Waals surface area contributed by atoms with Crippen LogP contribution in [0.1, 0.15) is 38.2 Å². The maximum absolute atomic E-state index is 13.2. The topological polar surface area (TPSA) is 38.0 Å². The third kappa shape index (κ3) is 2.70. The molecule has 0 heterocycles. The van der Waals surface area contributed by atoms with E-state index >= 15 is 0 Å². The monoisotopic (exact) mass is 254 g/mol. The van der Waals surface area contributed by atoms with Gasteiger partial charge in [0.1, 0.15) is 0 Å². The summed E-state index contributed by atoms with van der Waals surface area (Å²) in [6.45, 7) is 2.21. The molecule has 1 aromatic carbocycles. The molecule has 2 rings (SSSR count). The largest absolute Gasteiger partial charge is 0.271 e. The van der Waals surface area contributed by atoms with Crippen LogP contribution in [0.2, 0.25) is 0 Å². The Balaban J connectivity index is 2.12. The zero-order chi connectivity index (χ0) is 13.2. The molecule has 2 nitrogen and oxygen atoms in total. The van der Waals surface area contributed by atoms with Gasteiger partial charge >= 0.3 is 0 Å². The smallest absolute Gasteiger partial charge is 0.159 e. The van der Waals surface area contributed by atoms with Crippen molar-refractivity contribution in [2.24, 2.45) is 11.3 Å². The molecule has 1 aliphatic rings. The zero-order valence-electron chi connectivity index (χ0n) is 10.7. The second-order valence-electron chi connectivity index (χ2n) is 5.53. The molecule has 0 spiro atoms. The van der Waals surface area contributed by atoms with Gasteiger partial charge in [0.15, 0.2) is 11.6 Å². The number of nitrogens with one attached hydrogen (secondary N) is 1. The highest BCUT2D eigenvalue weighted by Crippen LogP contribution is 2.41. The van der Waals surface area contributed by atoms with Gasteiger partial charge in [0.25, 0.3) is 0 Å². The highest BCUT2D eigenvalue weighted by atomic mass is 19.2. The fraction of sp³-hybridized carbons (Fsp3) is 0.571. The molecular weight excluding hydrogens is 234 g/mol. The third-order valence-corrected chi connectivity index (χ3v) is 4.21. The third-order valence-electron chi connectivity index (χ3n) is 4.21. The van der Waals surface area contributed by atoms with E-state index in [4.69, 9.17) is 5.84 Å². The van der Waals surface area contributed by atoms with Gasteiger partial charge in [0.2, 0.25) is 0 Å². The van der Waals surface area contributed by atoms with Crippen LogP contribution in [0.15, 0.2) is 18.2 Å². The molecule has 1 aliphatic carbocycles. The summed E-state index contributed by atoms with van der Waals surface area (Å²) in [7, 11) is 0. The van der Waals surface area contributed by atoms with Gasteiger partial charge in [-0.2, -0.15) is 0 Å². The van der Waals surface area contributed by atoms with Gasteiger partial charge in [-0.15, -0.1) is 0 Å². The first-order valence-corrected chi connectivity index (χ1v) is 6.45. The number of rotatable bonds is 4. The molecule has 1 atom stereocenters. The zero-order valence-corrected chi connectivity index (χ0v) is 10.7. The van der Waals surface area contributed by atoms with Gasteiger partial charge in [-0.1, -0.05) is 25.8 Å². The molecule has 0 saturated heterocycles. The first-order valence-electron chi connectivity index (χ1n) is 6.45. The number of benzene rings is 1. The Morgan fingerprint density at radius 2 is 1.94 bits per heavy atom. The quantitative estimate of drug-likeness (QED) is 0.640. The summed E-state index contributed by atoms with van der Waals surface area (Å²) in [6, 6.07) is 4.17. The number of halogens is 2. The standard InChI is InChI=1S/C14H20F2N2/c1-14(6-2-3-7-14)13(18-17)9-10-4-5-11(15)12(16)8-10/h4-5,8,13,18H,2-3,6-7,9,17H2,1H3. The van der Waals surface area contributed by atoms with E-state index in [0.717, 1.165) is 18.4 Å². The summed E-state index contributed by atoms with van der Waals surface area (Å²) in [6.07, 6.45) is 5.32. The second-order valence-corrected chi connectivity index (χ2v) is 5.53. The van der Waals surface area contributed by atoms with Crippen LogP contribution in [-0.4, -0.2) is 6.04 Å². The molecular formula is C14H20F2N2. The van der Waals surface area contributed by atoms with Gasteiger partial charge in [0, 0.05) is 6.04 Å². The molecule has 0 amide bonds. The summed E-state index contributed by atoms with van der Waals surface area (Å²) >= 11 is 0. The Morgan fingerprint density at radius 1 is 1.28 bits per heavy atom. The molecule has 0 bridgehead atoms. The van der Waals surface area contributed by atoms with Gasteiger partial charge in [-0.3, -0.25) is 11.3 Å². The van der Waals surface area contributed by atoms with Crippen LogP contribution >= 0.6 is 0 Å². The van der Waals surface area contributed by atoms with E-state index in [2.05, 4.69) is 12.3 Å². The van der Waals surface area contributed by atoms with Gasteiger partial charge in [0.05, 0.1) is 0 Å². The molecule has 0 radical (unpaired) electrons. The van der Waals surface area contributed by atoms with Gasteiger partial charge < -0.3 is 0 Å². The van der Waals surface area contributed by atoms with Crippen LogP contribution < -0.4 is 11.3 Å². The minimum absolute atomic E-state index is 0.102. The van der Waals surface area contributed by atoms with Crippen molar-refractivity contribution in [3.8, 4) is 0 Å². The molecule has 1 unspecified atom stereocenters. The minimum atomic E-state index is -0.803. The van der Waals surface area contributed by atoms with Crippen molar-refractivity contribution >= 4 is 0 Å². The molecule has 0 aromatic heterocycles. The average molecular weight is 254 g/mol. The van der Waals surface area contributed by atoms with Crippen molar-refractivity contribution in [3.63, 3.8) is 0 Å². The lowest BCUT2D eigenvalue weighted by molar-refractivity contribution is 0.220. The van der Waals surface area contributed by atoms with E-state index in [1.807, 2.05) is 0 Å². The minimum Gasteiger partial charge on any atom is -0.271 e. The normalized spacial score (nSPS) is 20.0. The van der Waals surface area contributed by atoms with Crippen LogP contribution in [0.3, 0.4) is 0 Å². The van der Waals surface area contributed by atoms with E-state index in [0.29, 0.717) is 6.42 Å². The predicted octanol–water partition coefficient (Wildman–Crippen LogP) is 2.92. The molecule has 18 heavy (non-hydrogen) atoms. The van der Waals surface area contributed by atoms with E-state index in [1.54, 1.807) is 6.07 Å². The van der Waals surface area contributed by atoms with Crippen molar-refractivity contribution < 1.29 is 8.78 Å². The SMILES string of the molecule is CC1(C(Cc2ccc(F)c(F)c2)NN)CCCC1. The molecule has 3 N–H and O–H groups in total.